The molecule has 1 fully saturated rings. The molecule has 156 valence electrons. The molecule has 2 aromatic rings. The molecule has 5 rings (SSSR count). The van der Waals surface area contributed by atoms with E-state index in [0.717, 1.165) is 54.6 Å². The van der Waals surface area contributed by atoms with Crippen LogP contribution in [0, 0.1) is 0 Å². The summed E-state index contributed by atoms with van der Waals surface area (Å²) in [6, 6.07) is 6.18. The average molecular weight is 440 g/mol. The molecule has 1 saturated carbocycles. The van der Waals surface area contributed by atoms with Crippen molar-refractivity contribution < 1.29 is 14.3 Å². The number of thiophene rings is 2. The maximum Gasteiger partial charge on any atom is 0.337 e. The Labute approximate surface area is 184 Å². The van der Waals surface area contributed by atoms with Crippen LogP contribution in [0.5, 0.6) is 0 Å². The zero-order valence-corrected chi connectivity index (χ0v) is 18.6. The molecular weight excluding hydrogens is 414 g/mol. The van der Waals surface area contributed by atoms with Gasteiger partial charge in [-0.2, -0.15) is 11.3 Å². The lowest BCUT2D eigenvalue weighted by molar-refractivity contribution is -0.144. The number of carbonyl (C=O) groups excluding carboxylic acids is 2. The van der Waals surface area contributed by atoms with Crippen LogP contribution in [0.1, 0.15) is 67.7 Å². The fourth-order valence-corrected chi connectivity index (χ4v) is 6.54. The Bertz CT molecular complexity index is 1010. The highest BCUT2D eigenvalue weighted by molar-refractivity contribution is 7.10. The van der Waals surface area contributed by atoms with Crippen molar-refractivity contribution in [3.63, 3.8) is 0 Å². The number of ether oxygens (including phenoxy) is 1. The van der Waals surface area contributed by atoms with Gasteiger partial charge in [-0.3, -0.25) is 4.79 Å². The van der Waals surface area contributed by atoms with E-state index in [0.29, 0.717) is 12.0 Å². The normalized spacial score (nSPS) is 24.8. The minimum absolute atomic E-state index is 0.00145. The van der Waals surface area contributed by atoms with E-state index in [4.69, 9.17) is 4.74 Å². The maximum absolute atomic E-state index is 13.4. The molecule has 0 spiro atoms. The van der Waals surface area contributed by atoms with Crippen molar-refractivity contribution >= 4 is 34.4 Å². The molecule has 3 aliphatic rings. The van der Waals surface area contributed by atoms with Crippen molar-refractivity contribution in [3.05, 3.63) is 67.3 Å². The quantitative estimate of drug-likeness (QED) is 0.625. The number of allylic oxidation sites excluding steroid dienone is 3. The van der Waals surface area contributed by atoms with Crippen LogP contribution in [0.25, 0.3) is 0 Å². The summed E-state index contributed by atoms with van der Waals surface area (Å²) < 4.78 is 5.88. The van der Waals surface area contributed by atoms with Crippen molar-refractivity contribution in [1.29, 1.82) is 0 Å². The second-order valence-corrected chi connectivity index (χ2v) is 10.2. The van der Waals surface area contributed by atoms with Gasteiger partial charge in [-0.1, -0.05) is 6.07 Å². The standard InChI is InChI=1S/C24H25NO3S2/c1-14-21(24(27)28-17-5-2-3-6-17)22(15-8-10-29-13-15)23-18(25-14)11-16(12-19(23)26)20-7-4-9-30-20/h4,7-10,13,16-17,22,25H,2-3,5-6,11-12H2,1H3. The van der Waals surface area contributed by atoms with Gasteiger partial charge in [0.15, 0.2) is 5.78 Å². The molecule has 3 heterocycles. The molecule has 0 saturated heterocycles. The van der Waals surface area contributed by atoms with Crippen molar-refractivity contribution in [2.45, 2.75) is 63.4 Å². The van der Waals surface area contributed by atoms with Gasteiger partial charge in [-0.15, -0.1) is 11.3 Å². The minimum atomic E-state index is -0.335. The number of ketones is 1. The zero-order chi connectivity index (χ0) is 20.7. The number of rotatable bonds is 4. The van der Waals surface area contributed by atoms with Gasteiger partial charge in [0, 0.05) is 40.1 Å². The van der Waals surface area contributed by atoms with Crippen molar-refractivity contribution in [2.24, 2.45) is 0 Å². The van der Waals surface area contributed by atoms with E-state index >= 15 is 0 Å². The van der Waals surface area contributed by atoms with E-state index in [1.807, 2.05) is 24.4 Å². The molecule has 0 aromatic carbocycles. The third-order valence-corrected chi connectivity index (χ3v) is 8.18. The Morgan fingerprint density at radius 3 is 2.70 bits per heavy atom. The number of nitrogens with one attached hydrogen (secondary N) is 1. The van der Waals surface area contributed by atoms with Gasteiger partial charge < -0.3 is 10.1 Å². The van der Waals surface area contributed by atoms with Crippen molar-refractivity contribution in [2.75, 3.05) is 0 Å². The Morgan fingerprint density at radius 2 is 2.00 bits per heavy atom. The van der Waals surface area contributed by atoms with Gasteiger partial charge >= 0.3 is 5.97 Å². The summed E-state index contributed by atoms with van der Waals surface area (Å²) in [7, 11) is 0. The Kier molecular flexibility index (Phi) is 5.37. The summed E-state index contributed by atoms with van der Waals surface area (Å²) in [5.74, 6) is -0.273. The third-order valence-electron chi connectivity index (χ3n) is 6.45. The average Bonchev–Trinajstić information content (AvgIpc) is 3.49. The second kappa shape index (κ2) is 8.16. The van der Waals surface area contributed by atoms with Gasteiger partial charge in [-0.05, 0) is 72.9 Å². The molecule has 2 atom stereocenters. The highest BCUT2D eigenvalue weighted by Crippen LogP contribution is 2.46. The van der Waals surface area contributed by atoms with Crippen LogP contribution in [-0.4, -0.2) is 17.9 Å². The lowest BCUT2D eigenvalue weighted by Crippen LogP contribution is -2.36. The van der Waals surface area contributed by atoms with Crippen LogP contribution in [0.3, 0.4) is 0 Å². The molecule has 4 nitrogen and oxygen atoms in total. The minimum Gasteiger partial charge on any atom is -0.459 e. The van der Waals surface area contributed by atoms with E-state index in [-0.39, 0.29) is 29.7 Å². The van der Waals surface area contributed by atoms with Crippen LogP contribution < -0.4 is 5.32 Å². The molecule has 6 heteroatoms. The largest absolute Gasteiger partial charge is 0.459 e. The first-order chi connectivity index (χ1) is 14.6. The summed E-state index contributed by atoms with van der Waals surface area (Å²) in [6.07, 6.45) is 5.38. The highest BCUT2D eigenvalue weighted by Gasteiger charge is 2.42. The van der Waals surface area contributed by atoms with Crippen LogP contribution in [0.4, 0.5) is 0 Å². The molecule has 2 aromatic heterocycles. The number of carbonyl (C=O) groups is 2. The molecule has 0 bridgehead atoms. The van der Waals surface area contributed by atoms with Crippen molar-refractivity contribution in [1.82, 2.24) is 5.32 Å². The van der Waals surface area contributed by atoms with E-state index in [1.165, 1.54) is 4.88 Å². The predicted molar refractivity (Wildman–Crippen MR) is 120 cm³/mol. The van der Waals surface area contributed by atoms with Gasteiger partial charge in [0.2, 0.25) is 0 Å². The molecule has 1 aliphatic heterocycles. The molecule has 0 amide bonds. The second-order valence-electron chi connectivity index (χ2n) is 8.40. The highest BCUT2D eigenvalue weighted by atomic mass is 32.1. The monoisotopic (exact) mass is 439 g/mol. The fourth-order valence-electron chi connectivity index (χ4n) is 5.03. The molecule has 0 radical (unpaired) electrons. The molecule has 2 aliphatic carbocycles. The first kappa shape index (κ1) is 19.8. The third kappa shape index (κ3) is 3.56. The van der Waals surface area contributed by atoms with E-state index in [2.05, 4.69) is 22.1 Å². The SMILES string of the molecule is CC1=C(C(=O)OC2CCCC2)C(c2ccsc2)C2=C(CC(c3cccs3)CC2=O)N1. The molecule has 2 unspecified atom stereocenters. The summed E-state index contributed by atoms with van der Waals surface area (Å²) in [6.45, 7) is 1.94. The fraction of sp³-hybridized carbons (Fsp3) is 0.417. The lowest BCUT2D eigenvalue weighted by atomic mass is 9.73. The number of Topliss-reactive ketones (excluding diaryl/α,β-unsaturated/α-hetero) is 1. The molecule has 1 N–H and O–H groups in total. The summed E-state index contributed by atoms with van der Waals surface area (Å²) >= 11 is 3.30. The Morgan fingerprint density at radius 1 is 1.17 bits per heavy atom. The molecular formula is C24H25NO3S2. The summed E-state index contributed by atoms with van der Waals surface area (Å²) in [5.41, 5.74) is 4.14. The first-order valence-corrected chi connectivity index (χ1v) is 12.4. The number of hydrogen-bond donors (Lipinski definition) is 1. The smallest absolute Gasteiger partial charge is 0.337 e. The Balaban J connectivity index is 1.51. The predicted octanol–water partition coefficient (Wildman–Crippen LogP) is 5.66. The van der Waals surface area contributed by atoms with E-state index in [9.17, 15) is 9.59 Å². The van der Waals surface area contributed by atoms with E-state index < -0.39 is 0 Å². The zero-order valence-electron chi connectivity index (χ0n) is 17.0. The summed E-state index contributed by atoms with van der Waals surface area (Å²) in [5, 5.41) is 9.56. The van der Waals surface area contributed by atoms with Gasteiger partial charge in [0.25, 0.3) is 0 Å². The van der Waals surface area contributed by atoms with Gasteiger partial charge in [-0.25, -0.2) is 4.79 Å². The maximum atomic E-state index is 13.4. The number of hydrogen-bond acceptors (Lipinski definition) is 6. The van der Waals surface area contributed by atoms with Gasteiger partial charge in [0.05, 0.1) is 5.57 Å². The first-order valence-electron chi connectivity index (χ1n) is 10.6. The van der Waals surface area contributed by atoms with Crippen molar-refractivity contribution in [3.8, 4) is 0 Å². The molecule has 30 heavy (non-hydrogen) atoms. The summed E-state index contributed by atoms with van der Waals surface area (Å²) in [4.78, 5) is 27.9. The Hall–Kier alpha value is -2.18. The topological polar surface area (TPSA) is 55.4 Å². The van der Waals surface area contributed by atoms with Crippen LogP contribution in [0.15, 0.2) is 56.9 Å². The van der Waals surface area contributed by atoms with Crippen LogP contribution >= 0.6 is 22.7 Å². The lowest BCUT2D eigenvalue weighted by Gasteiger charge is -2.36. The van der Waals surface area contributed by atoms with Crippen LogP contribution in [0.2, 0.25) is 0 Å². The number of esters is 1. The number of dihydropyridines is 1. The van der Waals surface area contributed by atoms with Gasteiger partial charge in [0.1, 0.15) is 6.10 Å². The van der Waals surface area contributed by atoms with E-state index in [1.54, 1.807) is 22.7 Å². The van der Waals surface area contributed by atoms with Crippen LogP contribution in [-0.2, 0) is 14.3 Å².